The molecule has 2 aromatic carbocycles. The third-order valence-electron chi connectivity index (χ3n) is 3.69. The van der Waals surface area contributed by atoms with E-state index in [1.807, 2.05) is 0 Å². The molecule has 20 heavy (non-hydrogen) atoms. The maximum absolute atomic E-state index is 5.93. The zero-order valence-corrected chi connectivity index (χ0v) is 13.7. The lowest BCUT2D eigenvalue weighted by Crippen LogP contribution is -2.10. The van der Waals surface area contributed by atoms with Crippen molar-refractivity contribution in [2.45, 2.75) is 25.8 Å². The summed E-state index contributed by atoms with van der Waals surface area (Å²) in [4.78, 5) is 0. The summed E-state index contributed by atoms with van der Waals surface area (Å²) in [6.45, 7) is 2.93. The highest BCUT2D eigenvalue weighted by atomic mass is 127. The monoisotopic (exact) mass is 379 g/mol. The largest absolute Gasteiger partial charge is 0.493 e. The summed E-state index contributed by atoms with van der Waals surface area (Å²) in [6.07, 6.45) is 2.18. The lowest BCUT2D eigenvalue weighted by Gasteiger charge is -2.20. The topological polar surface area (TPSA) is 21.3 Å². The van der Waals surface area contributed by atoms with E-state index in [1.54, 1.807) is 0 Å². The Morgan fingerprint density at radius 2 is 1.95 bits per heavy atom. The highest BCUT2D eigenvalue weighted by molar-refractivity contribution is 14.1. The van der Waals surface area contributed by atoms with Gasteiger partial charge in [-0.3, -0.25) is 0 Å². The molecular formula is C17H18INO. The van der Waals surface area contributed by atoms with Gasteiger partial charge in [0.2, 0.25) is 0 Å². The van der Waals surface area contributed by atoms with Crippen LogP contribution in [-0.4, -0.2) is 6.61 Å². The van der Waals surface area contributed by atoms with E-state index in [9.17, 15) is 0 Å². The summed E-state index contributed by atoms with van der Waals surface area (Å²) < 4.78 is 7.18. The van der Waals surface area contributed by atoms with Crippen LogP contribution < -0.4 is 10.1 Å². The van der Waals surface area contributed by atoms with Gasteiger partial charge in [-0.2, -0.15) is 0 Å². The molecule has 2 nitrogen and oxygen atoms in total. The Kier molecular flexibility index (Phi) is 4.15. The quantitative estimate of drug-likeness (QED) is 0.748. The van der Waals surface area contributed by atoms with Crippen LogP contribution in [0.1, 0.15) is 30.0 Å². The molecule has 0 saturated carbocycles. The first-order valence-corrected chi connectivity index (χ1v) is 8.06. The van der Waals surface area contributed by atoms with Crippen molar-refractivity contribution >= 4 is 28.3 Å². The number of para-hydroxylation sites is 1. The number of benzene rings is 2. The predicted molar refractivity (Wildman–Crippen MR) is 91.4 cm³/mol. The number of halogens is 1. The molecule has 0 amide bonds. The smallest absolute Gasteiger partial charge is 0.127 e. The van der Waals surface area contributed by atoms with Crippen LogP contribution in [0.5, 0.6) is 5.75 Å². The SMILES string of the molecule is Cc1cccc2c1OCCCC2Nc1ccc(I)cc1. The van der Waals surface area contributed by atoms with Gasteiger partial charge in [0.15, 0.2) is 0 Å². The number of nitrogens with one attached hydrogen (secondary N) is 1. The Hall–Kier alpha value is -1.23. The van der Waals surface area contributed by atoms with E-state index in [1.165, 1.54) is 20.4 Å². The second-order valence-corrected chi connectivity index (χ2v) is 6.43. The molecule has 1 atom stereocenters. The number of rotatable bonds is 2. The van der Waals surface area contributed by atoms with Crippen molar-refractivity contribution in [2.75, 3.05) is 11.9 Å². The normalized spacial score (nSPS) is 17.8. The molecule has 0 spiro atoms. The van der Waals surface area contributed by atoms with Crippen LogP contribution in [0.15, 0.2) is 42.5 Å². The van der Waals surface area contributed by atoms with Gasteiger partial charge >= 0.3 is 0 Å². The highest BCUT2D eigenvalue weighted by Gasteiger charge is 2.20. The first-order chi connectivity index (χ1) is 9.74. The van der Waals surface area contributed by atoms with E-state index in [2.05, 4.69) is 77.3 Å². The van der Waals surface area contributed by atoms with E-state index in [0.717, 1.165) is 25.2 Å². The van der Waals surface area contributed by atoms with Crippen LogP contribution in [0.3, 0.4) is 0 Å². The number of ether oxygens (including phenoxy) is 1. The average Bonchev–Trinajstić information content (AvgIpc) is 2.65. The van der Waals surface area contributed by atoms with Crippen molar-refractivity contribution in [1.29, 1.82) is 0 Å². The molecule has 1 N–H and O–H groups in total. The molecule has 0 bridgehead atoms. The second-order valence-electron chi connectivity index (χ2n) is 5.19. The highest BCUT2D eigenvalue weighted by Crippen LogP contribution is 2.36. The molecule has 1 heterocycles. The maximum atomic E-state index is 5.93. The van der Waals surface area contributed by atoms with Crippen molar-refractivity contribution in [3.63, 3.8) is 0 Å². The molecule has 2 aromatic rings. The van der Waals surface area contributed by atoms with E-state index >= 15 is 0 Å². The third kappa shape index (κ3) is 2.92. The van der Waals surface area contributed by atoms with Gasteiger partial charge in [-0.15, -0.1) is 0 Å². The van der Waals surface area contributed by atoms with Gasteiger partial charge in [-0.05, 0) is 72.2 Å². The van der Waals surface area contributed by atoms with Crippen LogP contribution in [-0.2, 0) is 0 Å². The molecule has 0 saturated heterocycles. The minimum Gasteiger partial charge on any atom is -0.493 e. The van der Waals surface area contributed by atoms with Crippen molar-refractivity contribution in [3.05, 3.63) is 57.2 Å². The molecule has 104 valence electrons. The molecule has 1 aliphatic heterocycles. The molecule has 0 radical (unpaired) electrons. The van der Waals surface area contributed by atoms with Gasteiger partial charge in [-0.1, -0.05) is 18.2 Å². The Balaban J connectivity index is 1.90. The summed E-state index contributed by atoms with van der Waals surface area (Å²) in [5, 5.41) is 3.65. The van der Waals surface area contributed by atoms with Gasteiger partial charge in [0.25, 0.3) is 0 Å². The number of anilines is 1. The molecule has 0 fully saturated rings. The molecule has 1 unspecified atom stereocenters. The van der Waals surface area contributed by atoms with Crippen LogP contribution in [0, 0.1) is 10.5 Å². The van der Waals surface area contributed by atoms with Gasteiger partial charge in [-0.25, -0.2) is 0 Å². The standard InChI is InChI=1S/C17H18INO/c1-12-4-2-5-15-16(6-3-11-20-17(12)15)19-14-9-7-13(18)8-10-14/h2,4-5,7-10,16,19H,3,6,11H2,1H3. The lowest BCUT2D eigenvalue weighted by molar-refractivity contribution is 0.314. The van der Waals surface area contributed by atoms with E-state index in [0.29, 0.717) is 6.04 Å². The Morgan fingerprint density at radius 3 is 2.75 bits per heavy atom. The first kappa shape index (κ1) is 13.7. The summed E-state index contributed by atoms with van der Waals surface area (Å²) in [5.41, 5.74) is 3.67. The van der Waals surface area contributed by atoms with Crippen LogP contribution in [0.25, 0.3) is 0 Å². The molecule has 3 rings (SSSR count). The fourth-order valence-corrected chi connectivity index (χ4v) is 3.02. The van der Waals surface area contributed by atoms with Gasteiger partial charge in [0, 0.05) is 14.8 Å². The fraction of sp³-hybridized carbons (Fsp3) is 0.294. The maximum Gasteiger partial charge on any atom is 0.127 e. The Labute approximate surface area is 133 Å². The Bertz CT molecular complexity index is 594. The summed E-state index contributed by atoms with van der Waals surface area (Å²) >= 11 is 2.33. The minimum atomic E-state index is 0.326. The van der Waals surface area contributed by atoms with Crippen molar-refractivity contribution in [3.8, 4) is 5.75 Å². The van der Waals surface area contributed by atoms with Crippen molar-refractivity contribution < 1.29 is 4.74 Å². The van der Waals surface area contributed by atoms with Crippen molar-refractivity contribution in [2.24, 2.45) is 0 Å². The number of hydrogen-bond donors (Lipinski definition) is 1. The lowest BCUT2D eigenvalue weighted by atomic mass is 9.99. The molecule has 0 aromatic heterocycles. The number of hydrogen-bond acceptors (Lipinski definition) is 2. The zero-order valence-electron chi connectivity index (χ0n) is 11.5. The fourth-order valence-electron chi connectivity index (χ4n) is 2.66. The number of fused-ring (bicyclic) bond motifs is 1. The number of aryl methyl sites for hydroxylation is 1. The van der Waals surface area contributed by atoms with Crippen molar-refractivity contribution in [1.82, 2.24) is 0 Å². The second kappa shape index (κ2) is 6.04. The van der Waals surface area contributed by atoms with E-state index in [-0.39, 0.29) is 0 Å². The minimum absolute atomic E-state index is 0.326. The predicted octanol–water partition coefficient (Wildman–Crippen LogP) is 4.93. The van der Waals surface area contributed by atoms with Crippen LogP contribution in [0.2, 0.25) is 0 Å². The van der Waals surface area contributed by atoms with E-state index in [4.69, 9.17) is 4.74 Å². The summed E-state index contributed by atoms with van der Waals surface area (Å²) in [5.74, 6) is 1.06. The third-order valence-corrected chi connectivity index (χ3v) is 4.41. The average molecular weight is 379 g/mol. The van der Waals surface area contributed by atoms with Gasteiger partial charge < -0.3 is 10.1 Å². The summed E-state index contributed by atoms with van der Waals surface area (Å²) in [6, 6.07) is 15.3. The molecular weight excluding hydrogens is 361 g/mol. The van der Waals surface area contributed by atoms with Gasteiger partial charge in [0.1, 0.15) is 5.75 Å². The molecule has 1 aliphatic rings. The summed E-state index contributed by atoms with van der Waals surface area (Å²) in [7, 11) is 0. The van der Waals surface area contributed by atoms with Gasteiger partial charge in [0.05, 0.1) is 12.6 Å². The molecule has 0 aliphatic carbocycles. The Morgan fingerprint density at radius 1 is 1.15 bits per heavy atom. The van der Waals surface area contributed by atoms with E-state index < -0.39 is 0 Å². The van der Waals surface area contributed by atoms with Crippen LogP contribution in [0.4, 0.5) is 5.69 Å². The molecule has 3 heteroatoms. The zero-order chi connectivity index (χ0) is 13.9. The van der Waals surface area contributed by atoms with Crippen LogP contribution >= 0.6 is 22.6 Å². The first-order valence-electron chi connectivity index (χ1n) is 6.98.